The number of benzene rings is 1. The first-order chi connectivity index (χ1) is 15.5. The summed E-state index contributed by atoms with van der Waals surface area (Å²) in [6.45, 7) is 1.02. The summed E-state index contributed by atoms with van der Waals surface area (Å²) in [7, 11) is -1.96. The molecule has 0 aliphatic carbocycles. The Morgan fingerprint density at radius 1 is 1.41 bits per heavy atom. The SMILES string of the molecule is COCc1cnc(NC(=O)/C(=N/OCCCO)c2ccc(S(=O)(=O)[C@H]3CCOC3)cc2)s1.[HH]. The molecule has 176 valence electrons. The molecule has 1 aromatic heterocycles. The molecule has 1 aliphatic heterocycles. The predicted octanol–water partition coefficient (Wildman–Crippen LogP) is 1.84. The average molecular weight is 486 g/mol. The number of hydrogen-bond donors (Lipinski definition) is 2. The second kappa shape index (κ2) is 11.5. The van der Waals surface area contributed by atoms with Crippen molar-refractivity contribution < 1.29 is 34.1 Å². The van der Waals surface area contributed by atoms with Crippen molar-refractivity contribution in [2.24, 2.45) is 5.16 Å². The molecular weight excluding hydrogens is 458 g/mol. The summed E-state index contributed by atoms with van der Waals surface area (Å²) in [6.07, 6.45) is 2.41. The Morgan fingerprint density at radius 2 is 2.19 bits per heavy atom. The molecule has 1 amide bonds. The lowest BCUT2D eigenvalue weighted by atomic mass is 10.1. The highest BCUT2D eigenvalue weighted by atomic mass is 32.2. The van der Waals surface area contributed by atoms with Crippen LogP contribution >= 0.6 is 11.3 Å². The summed E-state index contributed by atoms with van der Waals surface area (Å²) in [6, 6.07) is 5.91. The number of nitrogens with zero attached hydrogens (tertiary/aromatic N) is 2. The quantitative estimate of drug-likeness (QED) is 0.279. The normalized spacial score (nSPS) is 16.8. The number of sulfone groups is 1. The minimum absolute atomic E-state index is 0. The zero-order chi connectivity index (χ0) is 23.0. The molecule has 0 radical (unpaired) electrons. The van der Waals surface area contributed by atoms with Crippen molar-refractivity contribution in [2.45, 2.75) is 29.6 Å². The standard InChI is InChI=1S/C20H25N3O7S2.H2/c1-28-12-15-11-21-20(31-15)22-19(25)18(23-30-9-2-8-24)14-3-5-16(6-4-14)32(26,27)17-7-10-29-13-17;/h3-6,11,17,24H,2,7-10,12-13H2,1H3,(H,21,22,25);1H/b23-18+;/t17-;/m0./s1. The van der Waals surface area contributed by atoms with Gasteiger partial charge in [-0.1, -0.05) is 28.6 Å². The Labute approximate surface area is 191 Å². The Kier molecular flexibility index (Phi) is 8.70. The number of ether oxygens (including phenoxy) is 2. The van der Waals surface area contributed by atoms with E-state index in [1.54, 1.807) is 13.3 Å². The molecule has 1 atom stereocenters. The molecule has 12 heteroatoms. The fraction of sp³-hybridized carbons (Fsp3) is 0.450. The topological polar surface area (TPSA) is 136 Å². The van der Waals surface area contributed by atoms with Crippen LogP contribution in [0.1, 0.15) is 24.7 Å². The van der Waals surface area contributed by atoms with E-state index in [4.69, 9.17) is 19.4 Å². The van der Waals surface area contributed by atoms with Crippen LogP contribution in [-0.4, -0.2) is 68.9 Å². The summed E-state index contributed by atoms with van der Waals surface area (Å²) in [5, 5.41) is 15.3. The van der Waals surface area contributed by atoms with E-state index in [2.05, 4.69) is 15.5 Å². The van der Waals surface area contributed by atoms with Crippen LogP contribution in [0.5, 0.6) is 0 Å². The van der Waals surface area contributed by atoms with Crippen molar-refractivity contribution in [3.05, 3.63) is 40.9 Å². The number of aliphatic hydroxyl groups excluding tert-OH is 1. The lowest BCUT2D eigenvalue weighted by Crippen LogP contribution is -2.25. The van der Waals surface area contributed by atoms with Crippen LogP contribution in [-0.2, 0) is 35.5 Å². The molecule has 0 bridgehead atoms. The number of hydrogen-bond acceptors (Lipinski definition) is 10. The van der Waals surface area contributed by atoms with Gasteiger partial charge in [-0.2, -0.15) is 0 Å². The summed E-state index contributed by atoms with van der Waals surface area (Å²) < 4.78 is 35.7. The summed E-state index contributed by atoms with van der Waals surface area (Å²) >= 11 is 1.26. The number of methoxy groups -OCH3 is 1. The van der Waals surface area contributed by atoms with E-state index in [0.717, 1.165) is 4.88 Å². The average Bonchev–Trinajstić information content (AvgIpc) is 3.47. The number of carbonyl (C=O) groups is 1. The Bertz CT molecular complexity index is 1040. The van der Waals surface area contributed by atoms with Crippen molar-refractivity contribution >= 4 is 37.9 Å². The molecule has 0 spiro atoms. The smallest absolute Gasteiger partial charge is 0.280 e. The summed E-state index contributed by atoms with van der Waals surface area (Å²) in [4.78, 5) is 23.2. The van der Waals surface area contributed by atoms with Crippen LogP contribution in [0.4, 0.5) is 5.13 Å². The van der Waals surface area contributed by atoms with Crippen molar-refractivity contribution in [1.29, 1.82) is 0 Å². The van der Waals surface area contributed by atoms with Gasteiger partial charge in [0.15, 0.2) is 20.7 Å². The van der Waals surface area contributed by atoms with Crippen molar-refractivity contribution in [1.82, 2.24) is 4.98 Å². The van der Waals surface area contributed by atoms with Crippen molar-refractivity contribution in [3.8, 4) is 0 Å². The van der Waals surface area contributed by atoms with Gasteiger partial charge in [-0.05, 0) is 18.6 Å². The number of aromatic nitrogens is 1. The van der Waals surface area contributed by atoms with Crippen LogP contribution in [0.3, 0.4) is 0 Å². The van der Waals surface area contributed by atoms with E-state index in [0.29, 0.717) is 36.8 Å². The van der Waals surface area contributed by atoms with Gasteiger partial charge in [-0.3, -0.25) is 10.1 Å². The number of nitrogens with one attached hydrogen (secondary N) is 1. The Balaban J connectivity index is 0.00000385. The molecule has 1 aromatic carbocycles. The maximum Gasteiger partial charge on any atom is 0.280 e. The number of anilines is 1. The molecule has 1 fully saturated rings. The third-order valence-corrected chi connectivity index (χ3v) is 7.67. The fourth-order valence-electron chi connectivity index (χ4n) is 2.95. The van der Waals surface area contributed by atoms with E-state index in [1.165, 1.54) is 35.6 Å². The number of amides is 1. The van der Waals surface area contributed by atoms with Gasteiger partial charge in [-0.25, -0.2) is 13.4 Å². The van der Waals surface area contributed by atoms with Gasteiger partial charge >= 0.3 is 0 Å². The van der Waals surface area contributed by atoms with Gasteiger partial charge in [-0.15, -0.1) is 0 Å². The number of oxime groups is 1. The molecule has 0 unspecified atom stereocenters. The maximum absolute atomic E-state index is 12.9. The number of aliphatic hydroxyl groups is 1. The molecule has 2 N–H and O–H groups in total. The molecule has 2 heterocycles. The van der Waals surface area contributed by atoms with Crippen molar-refractivity contribution in [2.75, 3.05) is 38.9 Å². The maximum atomic E-state index is 12.9. The molecule has 0 saturated carbocycles. The van der Waals surface area contributed by atoms with Crippen LogP contribution in [0.15, 0.2) is 40.5 Å². The summed E-state index contributed by atoms with van der Waals surface area (Å²) in [5.41, 5.74) is 0.335. The first-order valence-corrected chi connectivity index (χ1v) is 12.3. The van der Waals surface area contributed by atoms with E-state index in [-0.39, 0.29) is 31.9 Å². The minimum atomic E-state index is -3.52. The van der Waals surface area contributed by atoms with Crippen LogP contribution in [0.25, 0.3) is 0 Å². The van der Waals surface area contributed by atoms with E-state index >= 15 is 0 Å². The molecular formula is C20H27N3O7S2. The lowest BCUT2D eigenvalue weighted by Gasteiger charge is -2.11. The van der Waals surface area contributed by atoms with Gasteiger partial charge in [0, 0.05) is 39.9 Å². The monoisotopic (exact) mass is 485 g/mol. The Hall–Kier alpha value is -2.38. The van der Waals surface area contributed by atoms with Gasteiger partial charge in [0.25, 0.3) is 5.91 Å². The van der Waals surface area contributed by atoms with E-state index in [9.17, 15) is 13.2 Å². The zero-order valence-electron chi connectivity index (χ0n) is 17.5. The molecule has 1 aliphatic rings. The van der Waals surface area contributed by atoms with Gasteiger partial charge in [0.1, 0.15) is 6.61 Å². The minimum Gasteiger partial charge on any atom is -0.396 e. The molecule has 32 heavy (non-hydrogen) atoms. The zero-order valence-corrected chi connectivity index (χ0v) is 19.2. The highest BCUT2D eigenvalue weighted by Gasteiger charge is 2.31. The van der Waals surface area contributed by atoms with Crippen molar-refractivity contribution in [3.63, 3.8) is 0 Å². The fourth-order valence-corrected chi connectivity index (χ4v) is 5.31. The third kappa shape index (κ3) is 6.11. The van der Waals surface area contributed by atoms with Crippen LogP contribution in [0.2, 0.25) is 0 Å². The van der Waals surface area contributed by atoms with E-state index < -0.39 is 21.0 Å². The lowest BCUT2D eigenvalue weighted by molar-refractivity contribution is -0.110. The van der Waals surface area contributed by atoms with Gasteiger partial charge in [0.05, 0.1) is 28.2 Å². The highest BCUT2D eigenvalue weighted by Crippen LogP contribution is 2.23. The predicted molar refractivity (Wildman–Crippen MR) is 121 cm³/mol. The molecule has 3 rings (SSSR count). The Morgan fingerprint density at radius 3 is 2.84 bits per heavy atom. The third-order valence-electron chi connectivity index (χ3n) is 4.61. The van der Waals surface area contributed by atoms with Crippen LogP contribution < -0.4 is 5.32 Å². The largest absolute Gasteiger partial charge is 0.396 e. The first kappa shape index (κ1) is 24.3. The van der Waals surface area contributed by atoms with E-state index in [1.807, 2.05) is 0 Å². The van der Waals surface area contributed by atoms with Gasteiger partial charge in [0.2, 0.25) is 0 Å². The van der Waals surface area contributed by atoms with Gasteiger partial charge < -0.3 is 19.4 Å². The molecule has 10 nitrogen and oxygen atoms in total. The number of thiazole rings is 1. The second-order valence-corrected chi connectivity index (χ2v) is 10.3. The number of rotatable bonds is 11. The van der Waals surface area contributed by atoms with Crippen LogP contribution in [0, 0.1) is 0 Å². The second-order valence-electron chi connectivity index (χ2n) is 6.92. The number of carbonyl (C=O) groups excluding carboxylic acids is 1. The highest BCUT2D eigenvalue weighted by molar-refractivity contribution is 7.92. The molecule has 1 saturated heterocycles. The summed E-state index contributed by atoms with van der Waals surface area (Å²) in [5.74, 6) is -0.563. The molecule has 2 aromatic rings. The first-order valence-electron chi connectivity index (χ1n) is 9.93.